The molecule has 0 amide bonds. The lowest BCUT2D eigenvalue weighted by molar-refractivity contribution is 0.280. The van der Waals surface area contributed by atoms with Gasteiger partial charge in [0.1, 0.15) is 0 Å². The highest BCUT2D eigenvalue weighted by atomic mass is 16.3. The van der Waals surface area contributed by atoms with Crippen molar-refractivity contribution in [3.05, 3.63) is 23.5 Å². The van der Waals surface area contributed by atoms with E-state index in [2.05, 4.69) is 11.9 Å². The molecule has 3 heteroatoms. The predicted octanol–water partition coefficient (Wildman–Crippen LogP) is 1.11. The van der Waals surface area contributed by atoms with Gasteiger partial charge in [-0.05, 0) is 12.0 Å². The summed E-state index contributed by atoms with van der Waals surface area (Å²) < 4.78 is 0. The van der Waals surface area contributed by atoms with Crippen LogP contribution in [0.4, 0.5) is 5.69 Å². The van der Waals surface area contributed by atoms with Crippen LogP contribution in [0.2, 0.25) is 0 Å². The molecule has 0 aliphatic rings. The number of hydrogen-bond acceptors (Lipinski definition) is 3. The first-order chi connectivity index (χ1) is 5.79. The number of anilines is 1. The number of hydrogen-bond donors (Lipinski definition) is 2. The van der Waals surface area contributed by atoms with Crippen LogP contribution >= 0.6 is 0 Å². The molecule has 66 valence electrons. The Morgan fingerprint density at radius 3 is 2.83 bits per heavy atom. The highest BCUT2D eigenvalue weighted by molar-refractivity contribution is 5.48. The van der Waals surface area contributed by atoms with Gasteiger partial charge >= 0.3 is 0 Å². The van der Waals surface area contributed by atoms with Gasteiger partial charge in [0, 0.05) is 11.8 Å². The minimum atomic E-state index is 0.0212. The molecule has 0 saturated carbocycles. The maximum Gasteiger partial charge on any atom is 0.0700 e. The largest absolute Gasteiger partial charge is 0.397 e. The van der Waals surface area contributed by atoms with E-state index in [4.69, 9.17) is 10.8 Å². The summed E-state index contributed by atoms with van der Waals surface area (Å²) in [7, 11) is 0. The third kappa shape index (κ3) is 1.74. The maximum absolute atomic E-state index is 8.97. The third-order valence-corrected chi connectivity index (χ3v) is 1.85. The van der Waals surface area contributed by atoms with Crippen LogP contribution in [0.25, 0.3) is 0 Å². The second-order valence-electron chi connectivity index (χ2n) is 2.77. The van der Waals surface area contributed by atoms with Crippen LogP contribution in [0.5, 0.6) is 0 Å². The van der Waals surface area contributed by atoms with Crippen LogP contribution in [0.1, 0.15) is 24.5 Å². The van der Waals surface area contributed by atoms with Crippen LogP contribution in [-0.4, -0.2) is 10.1 Å². The van der Waals surface area contributed by atoms with Crippen LogP contribution < -0.4 is 5.73 Å². The second-order valence-corrected chi connectivity index (χ2v) is 2.77. The summed E-state index contributed by atoms with van der Waals surface area (Å²) in [5.74, 6) is 0. The molecule has 0 atom stereocenters. The average Bonchev–Trinajstić information content (AvgIpc) is 2.09. The molecule has 0 bridgehead atoms. The van der Waals surface area contributed by atoms with Crippen molar-refractivity contribution in [1.29, 1.82) is 0 Å². The van der Waals surface area contributed by atoms with Gasteiger partial charge in [-0.3, -0.25) is 4.98 Å². The quantitative estimate of drug-likeness (QED) is 0.707. The molecule has 1 heterocycles. The van der Waals surface area contributed by atoms with E-state index in [0.717, 1.165) is 24.0 Å². The first-order valence-electron chi connectivity index (χ1n) is 4.11. The maximum atomic E-state index is 8.97. The molecule has 0 aromatic carbocycles. The van der Waals surface area contributed by atoms with Gasteiger partial charge in [-0.1, -0.05) is 13.3 Å². The number of nitrogens with two attached hydrogens (primary N) is 1. The Labute approximate surface area is 72.2 Å². The first-order valence-corrected chi connectivity index (χ1v) is 4.11. The summed E-state index contributed by atoms with van der Waals surface area (Å²) in [6.07, 6.45) is 5.23. The Kier molecular flexibility index (Phi) is 3.05. The van der Waals surface area contributed by atoms with Crippen molar-refractivity contribution in [2.45, 2.75) is 26.4 Å². The monoisotopic (exact) mass is 166 g/mol. The Morgan fingerprint density at radius 2 is 2.25 bits per heavy atom. The SMILES string of the molecule is CCCc1c(N)cncc1CO. The Hall–Kier alpha value is -1.09. The summed E-state index contributed by atoms with van der Waals surface area (Å²) in [6, 6.07) is 0. The molecule has 3 N–H and O–H groups in total. The van der Waals surface area contributed by atoms with Crippen LogP contribution in [0.15, 0.2) is 12.4 Å². The molecule has 12 heavy (non-hydrogen) atoms. The fourth-order valence-electron chi connectivity index (χ4n) is 1.24. The standard InChI is InChI=1S/C9H14N2O/c1-2-3-8-7(6-12)4-11-5-9(8)10/h4-5,12H,2-3,6,10H2,1H3. The number of nitrogen functional groups attached to an aromatic ring is 1. The molecule has 0 aliphatic heterocycles. The Morgan fingerprint density at radius 1 is 1.50 bits per heavy atom. The molecular weight excluding hydrogens is 152 g/mol. The molecule has 0 unspecified atom stereocenters. The Balaban J connectivity index is 3.02. The van der Waals surface area contributed by atoms with Crippen LogP contribution in [0, 0.1) is 0 Å². The highest BCUT2D eigenvalue weighted by Crippen LogP contribution is 2.16. The first kappa shape index (κ1) is 9.00. The van der Waals surface area contributed by atoms with Gasteiger partial charge in [-0.15, -0.1) is 0 Å². The molecular formula is C9H14N2O. The van der Waals surface area contributed by atoms with E-state index in [0.29, 0.717) is 5.69 Å². The minimum Gasteiger partial charge on any atom is -0.397 e. The summed E-state index contributed by atoms with van der Waals surface area (Å²) in [6.45, 7) is 2.11. The van der Waals surface area contributed by atoms with E-state index in [-0.39, 0.29) is 6.61 Å². The number of rotatable bonds is 3. The molecule has 0 fully saturated rings. The summed E-state index contributed by atoms with van der Waals surface area (Å²) in [4.78, 5) is 3.91. The smallest absolute Gasteiger partial charge is 0.0700 e. The number of aliphatic hydroxyl groups excluding tert-OH is 1. The molecule has 1 rings (SSSR count). The van der Waals surface area contributed by atoms with E-state index in [1.807, 2.05) is 0 Å². The number of nitrogens with zero attached hydrogens (tertiary/aromatic N) is 1. The lowest BCUT2D eigenvalue weighted by Crippen LogP contribution is -2.01. The van der Waals surface area contributed by atoms with Gasteiger partial charge in [0.05, 0.1) is 18.5 Å². The summed E-state index contributed by atoms with van der Waals surface area (Å²) in [5, 5.41) is 8.97. The van der Waals surface area contributed by atoms with E-state index in [9.17, 15) is 0 Å². The fourth-order valence-corrected chi connectivity index (χ4v) is 1.24. The molecule has 0 radical (unpaired) electrons. The van der Waals surface area contributed by atoms with Gasteiger partial charge in [-0.25, -0.2) is 0 Å². The van der Waals surface area contributed by atoms with Gasteiger partial charge in [0.25, 0.3) is 0 Å². The van der Waals surface area contributed by atoms with E-state index < -0.39 is 0 Å². The summed E-state index contributed by atoms with van der Waals surface area (Å²) in [5.41, 5.74) is 8.27. The Bertz CT molecular complexity index is 261. The molecule has 0 spiro atoms. The lowest BCUT2D eigenvalue weighted by Gasteiger charge is -2.07. The fraction of sp³-hybridized carbons (Fsp3) is 0.444. The van der Waals surface area contributed by atoms with Gasteiger partial charge in [0.2, 0.25) is 0 Å². The number of pyridine rings is 1. The number of aliphatic hydroxyl groups is 1. The third-order valence-electron chi connectivity index (χ3n) is 1.85. The van der Waals surface area contributed by atoms with Crippen LogP contribution in [0.3, 0.4) is 0 Å². The van der Waals surface area contributed by atoms with Crippen molar-refractivity contribution in [3.63, 3.8) is 0 Å². The van der Waals surface area contributed by atoms with Gasteiger partial charge in [-0.2, -0.15) is 0 Å². The topological polar surface area (TPSA) is 59.1 Å². The van der Waals surface area contributed by atoms with Crippen molar-refractivity contribution in [1.82, 2.24) is 4.98 Å². The lowest BCUT2D eigenvalue weighted by atomic mass is 10.0. The summed E-state index contributed by atoms with van der Waals surface area (Å²) >= 11 is 0. The van der Waals surface area contributed by atoms with E-state index in [1.165, 1.54) is 0 Å². The number of aromatic nitrogens is 1. The van der Waals surface area contributed by atoms with E-state index in [1.54, 1.807) is 12.4 Å². The molecule has 0 aliphatic carbocycles. The molecule has 3 nitrogen and oxygen atoms in total. The van der Waals surface area contributed by atoms with Gasteiger partial charge in [0.15, 0.2) is 0 Å². The van der Waals surface area contributed by atoms with Crippen molar-refractivity contribution in [2.24, 2.45) is 0 Å². The zero-order valence-electron chi connectivity index (χ0n) is 7.25. The zero-order chi connectivity index (χ0) is 8.97. The van der Waals surface area contributed by atoms with Crippen molar-refractivity contribution >= 4 is 5.69 Å². The predicted molar refractivity (Wildman–Crippen MR) is 48.6 cm³/mol. The van der Waals surface area contributed by atoms with Crippen molar-refractivity contribution in [2.75, 3.05) is 5.73 Å². The molecule has 1 aromatic heterocycles. The van der Waals surface area contributed by atoms with Crippen LogP contribution in [-0.2, 0) is 13.0 Å². The zero-order valence-corrected chi connectivity index (χ0v) is 7.25. The van der Waals surface area contributed by atoms with Crippen molar-refractivity contribution < 1.29 is 5.11 Å². The van der Waals surface area contributed by atoms with E-state index >= 15 is 0 Å². The molecule has 1 aromatic rings. The van der Waals surface area contributed by atoms with Crippen molar-refractivity contribution in [3.8, 4) is 0 Å². The highest BCUT2D eigenvalue weighted by Gasteiger charge is 2.04. The average molecular weight is 166 g/mol. The van der Waals surface area contributed by atoms with Gasteiger partial charge < -0.3 is 10.8 Å². The molecule has 0 saturated heterocycles. The second kappa shape index (κ2) is 4.07. The minimum absolute atomic E-state index is 0.0212. The normalized spacial score (nSPS) is 10.2.